The number of carbonyl (C=O) groups is 4. The van der Waals surface area contributed by atoms with E-state index < -0.39 is 28.0 Å². The van der Waals surface area contributed by atoms with Crippen molar-refractivity contribution in [2.75, 3.05) is 10.6 Å². The number of hydrogen-bond acceptors (Lipinski definition) is 7. The Morgan fingerprint density at radius 1 is 0.818 bits per heavy atom. The summed E-state index contributed by atoms with van der Waals surface area (Å²) in [6, 6.07) is 26.5. The number of anilines is 2. The number of nitrogens with zero attached hydrogens (tertiary/aromatic N) is 1. The Morgan fingerprint density at radius 3 is 2.18 bits per heavy atom. The van der Waals surface area contributed by atoms with Gasteiger partial charge in [-0.15, -0.1) is 11.8 Å². The normalized spacial score (nSPS) is 11.6. The van der Waals surface area contributed by atoms with Crippen LogP contribution in [0.25, 0.3) is 6.08 Å². The quantitative estimate of drug-likeness (QED) is 0.0713. The van der Waals surface area contributed by atoms with Gasteiger partial charge in [0.2, 0.25) is 5.91 Å². The zero-order valence-corrected chi connectivity index (χ0v) is 24.0. The third-order valence-corrected chi connectivity index (χ3v) is 7.23. The summed E-state index contributed by atoms with van der Waals surface area (Å²) in [6.45, 7) is 1.70. The van der Waals surface area contributed by atoms with Gasteiger partial charge in [0.05, 0.1) is 21.3 Å². The van der Waals surface area contributed by atoms with E-state index in [4.69, 9.17) is 5.11 Å². The topological polar surface area (TPSA) is 168 Å². The molecule has 4 aromatic carbocycles. The number of para-hydroxylation sites is 1. The summed E-state index contributed by atoms with van der Waals surface area (Å²) in [5.74, 6) is -2.68. The summed E-state index contributed by atoms with van der Waals surface area (Å²) in [5, 5.41) is 28.0. The maximum absolute atomic E-state index is 13.4. The van der Waals surface area contributed by atoms with Gasteiger partial charge in [0.1, 0.15) is 5.70 Å². The standard InChI is InChI=1S/C32H26N4O7S/c1-20(29(37)33-24-16-14-22(15-17-24)32(40)41)44-26-12-7-11-25(19-26)34-31(39)27(35-30(38)21-8-3-2-4-9-21)18-23-10-5-6-13-28(23)36(42)43/h2-20H,1H3,(H,33,37)(H,34,39)(H,35,38)(H,40,41)/b27-18+. The molecule has 4 aromatic rings. The molecule has 11 nitrogen and oxygen atoms in total. The van der Waals surface area contributed by atoms with E-state index in [2.05, 4.69) is 16.0 Å². The van der Waals surface area contributed by atoms with Gasteiger partial charge in [-0.05, 0) is 73.7 Å². The number of thioether (sulfide) groups is 1. The SMILES string of the molecule is CC(Sc1cccc(NC(=O)/C(=C\c2ccccc2[N+](=O)[O-])NC(=O)c2ccccc2)c1)C(=O)Nc1ccc(C(=O)O)cc1. The number of rotatable bonds is 11. The van der Waals surface area contributed by atoms with E-state index in [0.29, 0.717) is 16.3 Å². The minimum Gasteiger partial charge on any atom is -0.478 e. The molecule has 0 saturated carbocycles. The fraction of sp³-hybridized carbons (Fsp3) is 0.0625. The third kappa shape index (κ3) is 8.39. The van der Waals surface area contributed by atoms with Crippen LogP contribution in [-0.4, -0.2) is 39.0 Å². The van der Waals surface area contributed by atoms with E-state index in [1.165, 1.54) is 60.3 Å². The Hall–Kier alpha value is -5.75. The number of nitro benzene ring substituents is 1. The van der Waals surface area contributed by atoms with Crippen LogP contribution in [0.15, 0.2) is 114 Å². The molecule has 0 aliphatic heterocycles. The molecule has 0 aliphatic rings. The molecule has 0 aliphatic carbocycles. The van der Waals surface area contributed by atoms with Crippen molar-refractivity contribution in [3.05, 3.63) is 136 Å². The smallest absolute Gasteiger partial charge is 0.335 e. The highest BCUT2D eigenvalue weighted by molar-refractivity contribution is 8.00. The molecule has 0 aromatic heterocycles. The molecule has 1 unspecified atom stereocenters. The van der Waals surface area contributed by atoms with E-state index >= 15 is 0 Å². The van der Waals surface area contributed by atoms with E-state index in [1.54, 1.807) is 67.6 Å². The lowest BCUT2D eigenvalue weighted by Gasteiger charge is -2.14. The van der Waals surface area contributed by atoms with E-state index in [9.17, 15) is 29.3 Å². The summed E-state index contributed by atoms with van der Waals surface area (Å²) in [6.07, 6.45) is 1.24. The number of benzene rings is 4. The van der Waals surface area contributed by atoms with E-state index in [1.807, 2.05) is 0 Å². The Morgan fingerprint density at radius 2 is 1.50 bits per heavy atom. The van der Waals surface area contributed by atoms with Crippen LogP contribution in [0, 0.1) is 10.1 Å². The predicted octanol–water partition coefficient (Wildman–Crippen LogP) is 5.82. The predicted molar refractivity (Wildman–Crippen MR) is 167 cm³/mol. The average Bonchev–Trinajstić information content (AvgIpc) is 3.01. The van der Waals surface area contributed by atoms with Gasteiger partial charge in [-0.25, -0.2) is 4.79 Å². The first-order valence-corrected chi connectivity index (χ1v) is 14.0. The van der Waals surface area contributed by atoms with Gasteiger partial charge in [-0.3, -0.25) is 24.5 Å². The lowest BCUT2D eigenvalue weighted by molar-refractivity contribution is -0.385. The lowest BCUT2D eigenvalue weighted by Crippen LogP contribution is -2.30. The molecule has 3 amide bonds. The molecule has 0 spiro atoms. The van der Waals surface area contributed by atoms with Gasteiger partial charge < -0.3 is 21.1 Å². The van der Waals surface area contributed by atoms with E-state index in [-0.39, 0.29) is 34.0 Å². The highest BCUT2D eigenvalue weighted by Gasteiger charge is 2.19. The largest absolute Gasteiger partial charge is 0.478 e. The fourth-order valence-corrected chi connectivity index (χ4v) is 4.84. The van der Waals surface area contributed by atoms with Crippen LogP contribution in [-0.2, 0) is 9.59 Å². The molecule has 222 valence electrons. The van der Waals surface area contributed by atoms with Crippen LogP contribution >= 0.6 is 11.8 Å². The van der Waals surface area contributed by atoms with Gasteiger partial charge in [0.15, 0.2) is 0 Å². The summed E-state index contributed by atoms with van der Waals surface area (Å²) < 4.78 is 0. The average molecular weight is 611 g/mol. The minimum absolute atomic E-state index is 0.101. The van der Waals surface area contributed by atoms with E-state index in [0.717, 1.165) is 0 Å². The molecule has 4 N–H and O–H groups in total. The van der Waals surface area contributed by atoms with Crippen molar-refractivity contribution in [3.8, 4) is 0 Å². The van der Waals surface area contributed by atoms with Crippen LogP contribution in [0.5, 0.6) is 0 Å². The van der Waals surface area contributed by atoms with Crippen molar-refractivity contribution in [3.63, 3.8) is 0 Å². The van der Waals surface area contributed by atoms with Crippen LogP contribution in [0.1, 0.15) is 33.2 Å². The summed E-state index contributed by atoms with van der Waals surface area (Å²) in [5.41, 5.74) is 0.866. The molecule has 1 atom stereocenters. The molecule has 0 bridgehead atoms. The first-order valence-electron chi connectivity index (χ1n) is 13.1. The molecule has 12 heteroatoms. The monoisotopic (exact) mass is 610 g/mol. The van der Waals surface area contributed by atoms with Crippen LogP contribution < -0.4 is 16.0 Å². The Kier molecular flexibility index (Phi) is 10.2. The highest BCUT2D eigenvalue weighted by atomic mass is 32.2. The molecule has 44 heavy (non-hydrogen) atoms. The van der Waals surface area contributed by atoms with Crippen molar-refractivity contribution in [2.24, 2.45) is 0 Å². The first kappa shape index (κ1) is 31.2. The highest BCUT2D eigenvalue weighted by Crippen LogP contribution is 2.27. The van der Waals surface area contributed by atoms with Crippen molar-refractivity contribution in [1.29, 1.82) is 0 Å². The Bertz CT molecular complexity index is 1740. The number of nitrogens with one attached hydrogen (secondary N) is 3. The summed E-state index contributed by atoms with van der Waals surface area (Å²) in [7, 11) is 0. The van der Waals surface area contributed by atoms with Crippen molar-refractivity contribution < 1.29 is 29.2 Å². The minimum atomic E-state index is -1.07. The summed E-state index contributed by atoms with van der Waals surface area (Å²) >= 11 is 1.23. The van der Waals surface area contributed by atoms with Gasteiger partial charge >= 0.3 is 5.97 Å². The zero-order chi connectivity index (χ0) is 31.6. The Labute approximate surface area is 256 Å². The molecule has 0 radical (unpaired) electrons. The second kappa shape index (κ2) is 14.4. The number of aromatic carboxylic acids is 1. The molecule has 0 saturated heterocycles. The molecular formula is C32H26N4O7S. The number of carbonyl (C=O) groups excluding carboxylic acids is 3. The molecular weight excluding hydrogens is 584 g/mol. The van der Waals surface area contributed by atoms with Gasteiger partial charge in [-0.2, -0.15) is 0 Å². The van der Waals surface area contributed by atoms with Crippen molar-refractivity contribution >= 4 is 58.6 Å². The maximum Gasteiger partial charge on any atom is 0.335 e. The second-order valence-electron chi connectivity index (χ2n) is 9.31. The van der Waals surface area contributed by atoms with Gasteiger partial charge in [0, 0.05) is 27.9 Å². The molecule has 4 rings (SSSR count). The van der Waals surface area contributed by atoms with Crippen molar-refractivity contribution in [2.45, 2.75) is 17.1 Å². The third-order valence-electron chi connectivity index (χ3n) is 6.14. The number of nitro groups is 1. The van der Waals surface area contributed by atoms with Crippen LogP contribution in [0.4, 0.5) is 17.1 Å². The number of carboxylic acid groups (broad SMARTS) is 1. The summed E-state index contributed by atoms with van der Waals surface area (Å²) in [4.78, 5) is 61.7. The maximum atomic E-state index is 13.4. The number of carboxylic acids is 1. The molecule has 0 heterocycles. The zero-order valence-electron chi connectivity index (χ0n) is 23.2. The Balaban J connectivity index is 1.50. The number of hydrogen-bond donors (Lipinski definition) is 4. The van der Waals surface area contributed by atoms with Crippen LogP contribution in [0.3, 0.4) is 0 Å². The van der Waals surface area contributed by atoms with Crippen LogP contribution in [0.2, 0.25) is 0 Å². The fourth-order valence-electron chi connectivity index (χ4n) is 3.92. The molecule has 0 fully saturated rings. The first-order chi connectivity index (χ1) is 21.1. The number of amides is 3. The van der Waals surface area contributed by atoms with Crippen molar-refractivity contribution in [1.82, 2.24) is 5.32 Å². The van der Waals surface area contributed by atoms with Gasteiger partial charge in [-0.1, -0.05) is 36.4 Å². The second-order valence-corrected chi connectivity index (χ2v) is 10.7. The van der Waals surface area contributed by atoms with Gasteiger partial charge in [0.25, 0.3) is 17.5 Å². The lowest BCUT2D eigenvalue weighted by atomic mass is 10.1.